The fourth-order valence-corrected chi connectivity index (χ4v) is 3.79. The molecule has 2 aromatic carbocycles. The molecule has 2 aromatic rings. The Morgan fingerprint density at radius 3 is 2.52 bits per heavy atom. The Kier molecular flexibility index (Phi) is 8.07. The number of carbonyl (C=O) groups is 1. The van der Waals surface area contributed by atoms with E-state index >= 15 is 0 Å². The molecule has 0 saturated carbocycles. The van der Waals surface area contributed by atoms with Gasteiger partial charge in [0.15, 0.2) is 0 Å². The number of amidine groups is 2. The summed E-state index contributed by atoms with van der Waals surface area (Å²) in [6.45, 7) is 3.75. The smallest absolute Gasteiger partial charge is 0.323 e. The van der Waals surface area contributed by atoms with Crippen molar-refractivity contribution in [2.24, 2.45) is 5.73 Å². The van der Waals surface area contributed by atoms with Gasteiger partial charge < -0.3 is 25.4 Å². The number of nitrogens with two attached hydrogens (primary N) is 1. The van der Waals surface area contributed by atoms with E-state index in [0.29, 0.717) is 17.9 Å². The van der Waals surface area contributed by atoms with Crippen molar-refractivity contribution >= 4 is 29.4 Å². The van der Waals surface area contributed by atoms with Crippen LogP contribution in [0.25, 0.3) is 6.08 Å². The zero-order chi connectivity index (χ0) is 23.8. The lowest BCUT2D eigenvalue weighted by molar-refractivity contribution is -0.135. The van der Waals surface area contributed by atoms with Crippen molar-refractivity contribution in [2.75, 3.05) is 31.1 Å². The van der Waals surface area contributed by atoms with Gasteiger partial charge in [-0.2, -0.15) is 0 Å². The minimum absolute atomic E-state index is 0.00968. The zero-order valence-electron chi connectivity index (χ0n) is 18.8. The number of nitrogens with zero attached hydrogens (tertiary/aromatic N) is 2. The highest BCUT2D eigenvalue weighted by Gasteiger charge is 2.20. The standard InChI is InChI=1S/C25H31N5O3/c1-18(26)29-14-11-23(12-15-29)33-22-9-7-21(8-10-22)30(17-24(31)32)13-3-5-19-4-2-6-20(16-19)25(27)28/h2-10,16,23,26H,11-15,17H2,1H3,(H3,27,28)(H,31,32)/b5-3+,26-18?. The van der Waals surface area contributed by atoms with Gasteiger partial charge in [-0.1, -0.05) is 30.4 Å². The lowest BCUT2D eigenvalue weighted by atomic mass is 10.1. The van der Waals surface area contributed by atoms with Gasteiger partial charge in [0.2, 0.25) is 0 Å². The second-order valence-corrected chi connectivity index (χ2v) is 8.10. The first kappa shape index (κ1) is 23.8. The molecular weight excluding hydrogens is 418 g/mol. The maximum absolute atomic E-state index is 11.4. The van der Waals surface area contributed by atoms with Crippen LogP contribution in [0.2, 0.25) is 0 Å². The fourth-order valence-electron chi connectivity index (χ4n) is 3.79. The molecule has 8 heteroatoms. The molecule has 0 bridgehead atoms. The molecule has 0 spiro atoms. The Morgan fingerprint density at radius 1 is 1.21 bits per heavy atom. The Bertz CT molecular complexity index is 1010. The summed E-state index contributed by atoms with van der Waals surface area (Å²) >= 11 is 0. The number of anilines is 1. The summed E-state index contributed by atoms with van der Waals surface area (Å²) in [5, 5.41) is 24.6. The van der Waals surface area contributed by atoms with Gasteiger partial charge in [0.1, 0.15) is 24.2 Å². The number of ether oxygens (including phenoxy) is 1. The molecule has 1 aliphatic heterocycles. The van der Waals surface area contributed by atoms with Gasteiger partial charge in [-0.25, -0.2) is 0 Å². The number of benzene rings is 2. The molecule has 3 rings (SSSR count). The van der Waals surface area contributed by atoms with Crippen LogP contribution in [-0.4, -0.2) is 59.9 Å². The van der Waals surface area contributed by atoms with Crippen LogP contribution >= 0.6 is 0 Å². The van der Waals surface area contributed by atoms with Gasteiger partial charge in [-0.15, -0.1) is 0 Å². The Labute approximate surface area is 194 Å². The molecule has 8 nitrogen and oxygen atoms in total. The van der Waals surface area contributed by atoms with Crippen molar-refractivity contribution in [2.45, 2.75) is 25.9 Å². The molecule has 1 aliphatic rings. The van der Waals surface area contributed by atoms with E-state index in [4.69, 9.17) is 21.3 Å². The number of piperidine rings is 1. The molecule has 1 saturated heterocycles. The van der Waals surface area contributed by atoms with Crippen molar-refractivity contribution in [1.82, 2.24) is 4.90 Å². The highest BCUT2D eigenvalue weighted by molar-refractivity contribution is 5.95. The first-order chi connectivity index (χ1) is 15.8. The number of hydrogen-bond donors (Lipinski definition) is 4. The molecule has 0 radical (unpaired) electrons. The van der Waals surface area contributed by atoms with E-state index in [-0.39, 0.29) is 18.5 Å². The first-order valence-corrected chi connectivity index (χ1v) is 11.0. The quantitative estimate of drug-likeness (QED) is 0.343. The Hall–Kier alpha value is -3.81. The van der Waals surface area contributed by atoms with Gasteiger partial charge in [-0.05, 0) is 42.8 Å². The Morgan fingerprint density at radius 2 is 1.91 bits per heavy atom. The summed E-state index contributed by atoms with van der Waals surface area (Å²) in [5.74, 6) is 0.457. The summed E-state index contributed by atoms with van der Waals surface area (Å²) < 4.78 is 6.10. The highest BCUT2D eigenvalue weighted by Crippen LogP contribution is 2.23. The summed E-state index contributed by atoms with van der Waals surface area (Å²) in [7, 11) is 0. The third kappa shape index (κ3) is 7.10. The lowest BCUT2D eigenvalue weighted by Crippen LogP contribution is -2.40. The van der Waals surface area contributed by atoms with Gasteiger partial charge in [0.05, 0.1) is 5.84 Å². The summed E-state index contributed by atoms with van der Waals surface area (Å²) in [5.41, 5.74) is 7.88. The monoisotopic (exact) mass is 449 g/mol. The van der Waals surface area contributed by atoms with E-state index in [2.05, 4.69) is 4.90 Å². The lowest BCUT2D eigenvalue weighted by Gasteiger charge is -2.32. The molecular formula is C25H31N5O3. The average molecular weight is 450 g/mol. The van der Waals surface area contributed by atoms with Crippen LogP contribution in [0.5, 0.6) is 5.75 Å². The van der Waals surface area contributed by atoms with E-state index in [9.17, 15) is 9.90 Å². The summed E-state index contributed by atoms with van der Waals surface area (Å²) in [6.07, 6.45) is 5.65. The van der Waals surface area contributed by atoms with Crippen molar-refractivity contribution in [3.05, 3.63) is 65.7 Å². The fraction of sp³-hybridized carbons (Fsp3) is 0.320. The van der Waals surface area contributed by atoms with E-state index in [0.717, 1.165) is 42.9 Å². The number of aliphatic carboxylic acids is 1. The van der Waals surface area contributed by atoms with Crippen LogP contribution in [0.15, 0.2) is 54.6 Å². The van der Waals surface area contributed by atoms with Gasteiger partial charge in [0.25, 0.3) is 0 Å². The second-order valence-electron chi connectivity index (χ2n) is 8.10. The summed E-state index contributed by atoms with van der Waals surface area (Å²) in [6, 6.07) is 14.8. The van der Waals surface area contributed by atoms with E-state index in [1.54, 1.807) is 17.9 Å². The number of hydrogen-bond acceptors (Lipinski definition) is 5. The van der Waals surface area contributed by atoms with E-state index in [1.807, 2.05) is 54.6 Å². The minimum atomic E-state index is -0.907. The number of likely N-dealkylation sites (tertiary alicyclic amines) is 1. The summed E-state index contributed by atoms with van der Waals surface area (Å²) in [4.78, 5) is 15.2. The molecule has 174 valence electrons. The van der Waals surface area contributed by atoms with Crippen LogP contribution in [0.4, 0.5) is 5.69 Å². The van der Waals surface area contributed by atoms with Crippen LogP contribution in [0, 0.1) is 10.8 Å². The normalized spacial score (nSPS) is 14.3. The van der Waals surface area contributed by atoms with Crippen molar-refractivity contribution in [3.63, 3.8) is 0 Å². The topological polar surface area (TPSA) is 127 Å². The molecule has 1 heterocycles. The highest BCUT2D eigenvalue weighted by atomic mass is 16.5. The molecule has 0 atom stereocenters. The second kappa shape index (κ2) is 11.2. The number of rotatable bonds is 9. The largest absolute Gasteiger partial charge is 0.490 e. The number of nitrogen functional groups attached to an aromatic ring is 1. The van der Waals surface area contributed by atoms with Crippen molar-refractivity contribution in [1.29, 1.82) is 10.8 Å². The average Bonchev–Trinajstić information content (AvgIpc) is 2.79. The van der Waals surface area contributed by atoms with Crippen LogP contribution in [-0.2, 0) is 4.79 Å². The molecule has 5 N–H and O–H groups in total. The molecule has 0 unspecified atom stereocenters. The molecule has 1 fully saturated rings. The van der Waals surface area contributed by atoms with E-state index < -0.39 is 5.97 Å². The molecule has 0 aromatic heterocycles. The number of carboxylic acids is 1. The molecule has 0 aliphatic carbocycles. The van der Waals surface area contributed by atoms with Crippen molar-refractivity contribution < 1.29 is 14.6 Å². The van der Waals surface area contributed by atoms with Gasteiger partial charge >= 0.3 is 5.97 Å². The Balaban J connectivity index is 1.61. The number of carboxylic acid groups (broad SMARTS) is 1. The zero-order valence-corrected chi connectivity index (χ0v) is 18.8. The van der Waals surface area contributed by atoms with Crippen LogP contribution < -0.4 is 15.4 Å². The van der Waals surface area contributed by atoms with Gasteiger partial charge in [0, 0.05) is 43.7 Å². The molecule has 33 heavy (non-hydrogen) atoms. The van der Waals surface area contributed by atoms with Crippen LogP contribution in [0.3, 0.4) is 0 Å². The minimum Gasteiger partial charge on any atom is -0.490 e. The number of nitrogens with one attached hydrogen (secondary N) is 2. The third-order valence-electron chi connectivity index (χ3n) is 5.58. The molecule has 0 amide bonds. The maximum atomic E-state index is 11.4. The third-order valence-corrected chi connectivity index (χ3v) is 5.58. The predicted molar refractivity (Wildman–Crippen MR) is 131 cm³/mol. The van der Waals surface area contributed by atoms with Gasteiger partial charge in [-0.3, -0.25) is 15.6 Å². The van der Waals surface area contributed by atoms with E-state index in [1.165, 1.54) is 0 Å². The first-order valence-electron chi connectivity index (χ1n) is 11.0. The SMILES string of the molecule is CC(=N)N1CCC(Oc2ccc(N(C/C=C/c3cccc(C(=N)N)c3)CC(=O)O)cc2)CC1. The predicted octanol–water partition coefficient (Wildman–Crippen LogP) is 3.42. The maximum Gasteiger partial charge on any atom is 0.323 e. The van der Waals surface area contributed by atoms with Crippen molar-refractivity contribution in [3.8, 4) is 5.75 Å². The van der Waals surface area contributed by atoms with Crippen LogP contribution in [0.1, 0.15) is 30.9 Å².